The van der Waals surface area contributed by atoms with Crippen molar-refractivity contribution in [2.75, 3.05) is 17.6 Å². The highest BCUT2D eigenvalue weighted by atomic mass is 16.6. The van der Waals surface area contributed by atoms with E-state index < -0.39 is 4.92 Å². The number of benzene rings is 1. The van der Waals surface area contributed by atoms with Crippen molar-refractivity contribution in [2.45, 2.75) is 26.2 Å². The van der Waals surface area contributed by atoms with Gasteiger partial charge in [-0.25, -0.2) is 0 Å². The number of nitrogen functional groups attached to an aromatic ring is 1. The summed E-state index contributed by atoms with van der Waals surface area (Å²) in [5.41, 5.74) is 6.69. The van der Waals surface area contributed by atoms with Gasteiger partial charge in [0.1, 0.15) is 5.69 Å². The lowest BCUT2D eigenvalue weighted by atomic mass is 9.98. The molecule has 2 unspecified atom stereocenters. The third-order valence-corrected chi connectivity index (χ3v) is 3.83. The number of nitro benzene ring substituents is 1. The van der Waals surface area contributed by atoms with E-state index in [1.807, 2.05) is 0 Å². The van der Waals surface area contributed by atoms with Crippen LogP contribution >= 0.6 is 0 Å². The Morgan fingerprint density at radius 1 is 1.50 bits per heavy atom. The third-order valence-electron chi connectivity index (χ3n) is 3.83. The van der Waals surface area contributed by atoms with Crippen molar-refractivity contribution < 1.29 is 4.92 Å². The van der Waals surface area contributed by atoms with Crippen molar-refractivity contribution in [1.82, 2.24) is 0 Å². The molecule has 0 aromatic heterocycles. The number of nitro groups is 1. The Hall–Kier alpha value is -1.78. The molecule has 0 saturated heterocycles. The Morgan fingerprint density at radius 2 is 2.28 bits per heavy atom. The van der Waals surface area contributed by atoms with Crippen LogP contribution in [0, 0.1) is 22.0 Å². The predicted molar refractivity (Wildman–Crippen MR) is 72.5 cm³/mol. The van der Waals surface area contributed by atoms with Crippen molar-refractivity contribution in [3.8, 4) is 0 Å². The summed E-state index contributed by atoms with van der Waals surface area (Å²) in [6.07, 6.45) is 3.86. The quantitative estimate of drug-likeness (QED) is 0.488. The van der Waals surface area contributed by atoms with Gasteiger partial charge in [0.2, 0.25) is 0 Å². The highest BCUT2D eigenvalue weighted by Crippen LogP contribution is 2.31. The lowest BCUT2D eigenvalue weighted by molar-refractivity contribution is -0.383. The summed E-state index contributed by atoms with van der Waals surface area (Å²) in [6, 6.07) is 4.81. The lowest BCUT2D eigenvalue weighted by Crippen LogP contribution is -2.16. The third kappa shape index (κ3) is 2.72. The Labute approximate surface area is 107 Å². The summed E-state index contributed by atoms with van der Waals surface area (Å²) < 4.78 is 0. The van der Waals surface area contributed by atoms with E-state index in [-0.39, 0.29) is 11.4 Å². The van der Waals surface area contributed by atoms with Crippen LogP contribution in [0.4, 0.5) is 17.1 Å². The van der Waals surface area contributed by atoms with Gasteiger partial charge in [0.15, 0.2) is 0 Å². The van der Waals surface area contributed by atoms with Crippen LogP contribution in [0.2, 0.25) is 0 Å². The summed E-state index contributed by atoms with van der Waals surface area (Å²) in [5, 5.41) is 14.0. The monoisotopic (exact) mass is 249 g/mol. The normalized spacial score (nSPS) is 22.9. The number of hydrogen-bond acceptors (Lipinski definition) is 4. The van der Waals surface area contributed by atoms with Crippen molar-refractivity contribution in [3.63, 3.8) is 0 Å². The molecule has 0 amide bonds. The molecule has 1 saturated carbocycles. The van der Waals surface area contributed by atoms with Gasteiger partial charge < -0.3 is 11.1 Å². The van der Waals surface area contributed by atoms with Gasteiger partial charge in [-0.1, -0.05) is 19.8 Å². The van der Waals surface area contributed by atoms with E-state index in [9.17, 15) is 10.1 Å². The molecule has 1 fully saturated rings. The molecule has 3 N–H and O–H groups in total. The van der Waals surface area contributed by atoms with Gasteiger partial charge in [-0.05, 0) is 30.4 Å². The smallest absolute Gasteiger partial charge is 0.292 e. The first-order chi connectivity index (χ1) is 8.58. The molecule has 0 aliphatic heterocycles. The zero-order valence-corrected chi connectivity index (χ0v) is 10.6. The van der Waals surface area contributed by atoms with Crippen LogP contribution in [0.5, 0.6) is 0 Å². The first-order valence-corrected chi connectivity index (χ1v) is 6.35. The molecule has 0 radical (unpaired) electrons. The number of anilines is 2. The van der Waals surface area contributed by atoms with Gasteiger partial charge in [-0.3, -0.25) is 10.1 Å². The van der Waals surface area contributed by atoms with Crippen LogP contribution in [0.3, 0.4) is 0 Å². The number of nitrogens with zero attached hydrogens (tertiary/aromatic N) is 1. The van der Waals surface area contributed by atoms with Gasteiger partial charge in [0.25, 0.3) is 5.69 Å². The van der Waals surface area contributed by atoms with Crippen LogP contribution in [-0.2, 0) is 0 Å². The van der Waals surface area contributed by atoms with Crippen molar-refractivity contribution in [3.05, 3.63) is 28.3 Å². The van der Waals surface area contributed by atoms with E-state index in [0.29, 0.717) is 5.92 Å². The number of nitrogens with two attached hydrogens (primary N) is 1. The van der Waals surface area contributed by atoms with Crippen LogP contribution in [-0.4, -0.2) is 11.5 Å². The molecule has 5 nitrogen and oxygen atoms in total. The Morgan fingerprint density at radius 3 is 2.83 bits per heavy atom. The van der Waals surface area contributed by atoms with Gasteiger partial charge in [0.05, 0.1) is 4.92 Å². The highest BCUT2D eigenvalue weighted by Gasteiger charge is 2.22. The molecule has 0 spiro atoms. The van der Waals surface area contributed by atoms with E-state index >= 15 is 0 Å². The van der Waals surface area contributed by atoms with Crippen molar-refractivity contribution >= 4 is 17.1 Å². The van der Waals surface area contributed by atoms with E-state index in [2.05, 4.69) is 12.2 Å². The maximum absolute atomic E-state index is 10.6. The summed E-state index contributed by atoms with van der Waals surface area (Å²) in [4.78, 5) is 10.2. The minimum atomic E-state index is -0.460. The van der Waals surface area contributed by atoms with Gasteiger partial charge in [-0.2, -0.15) is 0 Å². The lowest BCUT2D eigenvalue weighted by Gasteiger charge is -2.16. The summed E-state index contributed by atoms with van der Waals surface area (Å²) in [7, 11) is 0. The topological polar surface area (TPSA) is 81.2 Å². The molecule has 1 aromatic rings. The largest absolute Gasteiger partial charge is 0.393 e. The first kappa shape index (κ1) is 12.7. The number of rotatable bonds is 4. The number of nitrogens with one attached hydrogen (secondary N) is 1. The van der Waals surface area contributed by atoms with Crippen molar-refractivity contribution in [2.24, 2.45) is 11.8 Å². The Balaban J connectivity index is 1.98. The second-order valence-corrected chi connectivity index (χ2v) is 5.08. The van der Waals surface area contributed by atoms with E-state index in [0.717, 1.165) is 18.2 Å². The predicted octanol–water partition coefficient (Wildman–Crippen LogP) is 3.03. The van der Waals surface area contributed by atoms with Gasteiger partial charge in [-0.15, -0.1) is 0 Å². The zero-order chi connectivity index (χ0) is 13.1. The van der Waals surface area contributed by atoms with Gasteiger partial charge in [0, 0.05) is 18.3 Å². The van der Waals surface area contributed by atoms with Crippen LogP contribution in [0.15, 0.2) is 18.2 Å². The molecule has 2 atom stereocenters. The molecule has 18 heavy (non-hydrogen) atoms. The fraction of sp³-hybridized carbons (Fsp3) is 0.538. The highest BCUT2D eigenvalue weighted by molar-refractivity contribution is 5.65. The second-order valence-electron chi connectivity index (χ2n) is 5.08. The molecular weight excluding hydrogens is 230 g/mol. The average Bonchev–Trinajstić information content (AvgIpc) is 2.72. The SMILES string of the molecule is CC1CCCC1CNc1ccc([N+](=O)[O-])c(N)c1. The molecule has 5 heteroatoms. The molecule has 98 valence electrons. The molecule has 1 aliphatic rings. The van der Waals surface area contributed by atoms with Crippen molar-refractivity contribution in [1.29, 1.82) is 0 Å². The summed E-state index contributed by atoms with van der Waals surface area (Å²) >= 11 is 0. The van der Waals surface area contributed by atoms with E-state index in [1.165, 1.54) is 25.3 Å². The van der Waals surface area contributed by atoms with E-state index in [4.69, 9.17) is 5.73 Å². The Kier molecular flexibility index (Phi) is 3.69. The van der Waals surface area contributed by atoms with Crippen LogP contribution in [0.25, 0.3) is 0 Å². The first-order valence-electron chi connectivity index (χ1n) is 6.35. The minimum Gasteiger partial charge on any atom is -0.393 e. The van der Waals surface area contributed by atoms with Crippen LogP contribution < -0.4 is 11.1 Å². The average molecular weight is 249 g/mol. The molecule has 1 aromatic carbocycles. The molecule has 0 heterocycles. The Bertz CT molecular complexity index is 448. The van der Waals surface area contributed by atoms with Gasteiger partial charge >= 0.3 is 0 Å². The van der Waals surface area contributed by atoms with Crippen LogP contribution in [0.1, 0.15) is 26.2 Å². The maximum atomic E-state index is 10.6. The number of hydrogen-bond donors (Lipinski definition) is 2. The zero-order valence-electron chi connectivity index (χ0n) is 10.6. The molecule has 0 bridgehead atoms. The molecule has 2 rings (SSSR count). The second kappa shape index (κ2) is 5.25. The molecule has 1 aliphatic carbocycles. The maximum Gasteiger partial charge on any atom is 0.292 e. The fourth-order valence-corrected chi connectivity index (χ4v) is 2.61. The summed E-state index contributed by atoms with van der Waals surface area (Å²) in [6.45, 7) is 3.20. The standard InChI is InChI=1S/C13H19N3O2/c1-9-3-2-4-10(9)8-15-11-5-6-13(16(17)18)12(14)7-11/h5-7,9-10,15H,2-4,8,14H2,1H3. The molecular formula is C13H19N3O2. The minimum absolute atomic E-state index is 0.0326. The van der Waals surface area contributed by atoms with E-state index in [1.54, 1.807) is 12.1 Å². The summed E-state index contributed by atoms with van der Waals surface area (Å²) in [5.74, 6) is 1.45. The fourth-order valence-electron chi connectivity index (χ4n) is 2.61.